The number of hydrogen-bond acceptors (Lipinski definition) is 3. The lowest BCUT2D eigenvalue weighted by Crippen LogP contribution is -2.28. The molecular formula is C24H21ClN2O3. The number of carbonyl (C=O) groups is 2. The maximum atomic E-state index is 12.9. The van der Waals surface area contributed by atoms with Crippen LogP contribution in [0.25, 0.3) is 0 Å². The number of rotatable bonds is 5. The number of para-hydroxylation sites is 1. The third-order valence-corrected chi connectivity index (χ3v) is 5.28. The molecular weight excluding hydrogens is 400 g/mol. The molecule has 1 N–H and O–H groups in total. The first-order chi connectivity index (χ1) is 14.5. The molecule has 3 aromatic carbocycles. The molecule has 0 spiro atoms. The van der Waals surface area contributed by atoms with Crippen molar-refractivity contribution >= 4 is 34.8 Å². The van der Waals surface area contributed by atoms with Gasteiger partial charge in [0.1, 0.15) is 5.75 Å². The predicted octanol–water partition coefficient (Wildman–Crippen LogP) is 4.87. The molecule has 4 rings (SSSR count). The zero-order valence-electron chi connectivity index (χ0n) is 16.5. The lowest BCUT2D eigenvalue weighted by atomic mass is 10.1. The molecule has 2 amide bonds. The van der Waals surface area contributed by atoms with Gasteiger partial charge in [-0.15, -0.1) is 0 Å². The van der Waals surface area contributed by atoms with Crippen LogP contribution in [0.15, 0.2) is 66.7 Å². The number of nitrogens with one attached hydrogen (secondary N) is 1. The summed E-state index contributed by atoms with van der Waals surface area (Å²) in [6.45, 7) is 2.43. The smallest absolute Gasteiger partial charge is 0.262 e. The van der Waals surface area contributed by atoms with Crippen LogP contribution in [0.5, 0.6) is 5.75 Å². The van der Waals surface area contributed by atoms with Crippen molar-refractivity contribution < 1.29 is 14.3 Å². The fourth-order valence-electron chi connectivity index (χ4n) is 3.52. The lowest BCUT2D eigenvalue weighted by Gasteiger charge is -2.17. The molecule has 0 fully saturated rings. The molecule has 6 heteroatoms. The van der Waals surface area contributed by atoms with Crippen molar-refractivity contribution in [1.82, 2.24) is 0 Å². The third kappa shape index (κ3) is 4.31. The number of halogens is 1. The van der Waals surface area contributed by atoms with Gasteiger partial charge >= 0.3 is 0 Å². The number of fused-ring (bicyclic) bond motifs is 1. The standard InChI is InChI=1S/C24H21ClN2O3/c1-16-14-19(25)8-11-22(16)30-15-23(28)26-20-9-6-18(7-10-20)24(29)27-13-12-17-4-2-3-5-21(17)27/h2-11,14H,12-13,15H2,1H3,(H,26,28). The van der Waals surface area contributed by atoms with E-state index in [0.29, 0.717) is 28.6 Å². The van der Waals surface area contributed by atoms with E-state index in [-0.39, 0.29) is 18.4 Å². The Morgan fingerprint density at radius 2 is 1.83 bits per heavy atom. The fraction of sp³-hybridized carbons (Fsp3) is 0.167. The molecule has 3 aromatic rings. The molecule has 0 radical (unpaired) electrons. The number of anilines is 2. The van der Waals surface area contributed by atoms with Crippen LogP contribution in [0.4, 0.5) is 11.4 Å². The van der Waals surface area contributed by atoms with Gasteiger partial charge in [0.05, 0.1) is 0 Å². The van der Waals surface area contributed by atoms with Crippen molar-refractivity contribution in [1.29, 1.82) is 0 Å². The highest BCUT2D eigenvalue weighted by Crippen LogP contribution is 2.29. The number of amides is 2. The van der Waals surface area contributed by atoms with Gasteiger partial charge in [0, 0.05) is 28.5 Å². The van der Waals surface area contributed by atoms with Crippen LogP contribution < -0.4 is 15.0 Å². The zero-order chi connectivity index (χ0) is 21.1. The van der Waals surface area contributed by atoms with E-state index in [0.717, 1.165) is 17.7 Å². The van der Waals surface area contributed by atoms with E-state index < -0.39 is 0 Å². The molecule has 0 saturated carbocycles. The molecule has 0 aliphatic carbocycles. The summed E-state index contributed by atoms with van der Waals surface area (Å²) in [6.07, 6.45) is 0.864. The van der Waals surface area contributed by atoms with Gasteiger partial charge in [0.25, 0.3) is 11.8 Å². The Bertz CT molecular complexity index is 1100. The number of benzene rings is 3. The Morgan fingerprint density at radius 3 is 2.60 bits per heavy atom. The van der Waals surface area contributed by atoms with Crippen LogP contribution in [0.2, 0.25) is 5.02 Å². The molecule has 0 saturated heterocycles. The van der Waals surface area contributed by atoms with E-state index in [1.54, 1.807) is 47.4 Å². The highest BCUT2D eigenvalue weighted by Gasteiger charge is 2.25. The van der Waals surface area contributed by atoms with Crippen LogP contribution in [0, 0.1) is 6.92 Å². The van der Waals surface area contributed by atoms with Gasteiger partial charge in [-0.05, 0) is 73.0 Å². The van der Waals surface area contributed by atoms with E-state index in [1.807, 2.05) is 25.1 Å². The Morgan fingerprint density at radius 1 is 1.07 bits per heavy atom. The van der Waals surface area contributed by atoms with Crippen molar-refractivity contribution in [3.05, 3.63) is 88.4 Å². The average molecular weight is 421 g/mol. The number of aryl methyl sites for hydroxylation is 1. The number of nitrogens with zero attached hydrogens (tertiary/aromatic N) is 1. The van der Waals surface area contributed by atoms with Crippen molar-refractivity contribution in [3.8, 4) is 5.75 Å². The molecule has 0 atom stereocenters. The molecule has 5 nitrogen and oxygen atoms in total. The number of ether oxygens (including phenoxy) is 1. The van der Waals surface area contributed by atoms with Crippen LogP contribution in [0.1, 0.15) is 21.5 Å². The summed E-state index contributed by atoms with van der Waals surface area (Å²) < 4.78 is 5.56. The quantitative estimate of drug-likeness (QED) is 0.640. The highest BCUT2D eigenvalue weighted by molar-refractivity contribution is 6.30. The summed E-state index contributed by atoms with van der Waals surface area (Å²) in [5.41, 5.74) is 4.20. The Balaban J connectivity index is 1.35. The van der Waals surface area contributed by atoms with E-state index >= 15 is 0 Å². The van der Waals surface area contributed by atoms with Crippen LogP contribution in [-0.4, -0.2) is 25.0 Å². The lowest BCUT2D eigenvalue weighted by molar-refractivity contribution is -0.118. The second-order valence-electron chi connectivity index (χ2n) is 7.16. The topological polar surface area (TPSA) is 58.6 Å². The van der Waals surface area contributed by atoms with E-state index in [4.69, 9.17) is 16.3 Å². The first-order valence-corrected chi connectivity index (χ1v) is 10.1. The zero-order valence-corrected chi connectivity index (χ0v) is 17.3. The normalized spacial score (nSPS) is 12.4. The third-order valence-electron chi connectivity index (χ3n) is 5.04. The van der Waals surface area contributed by atoms with Crippen LogP contribution >= 0.6 is 11.6 Å². The van der Waals surface area contributed by atoms with Crippen molar-refractivity contribution in [3.63, 3.8) is 0 Å². The van der Waals surface area contributed by atoms with Crippen LogP contribution in [0.3, 0.4) is 0 Å². The van der Waals surface area contributed by atoms with E-state index in [9.17, 15) is 9.59 Å². The largest absolute Gasteiger partial charge is 0.483 e. The average Bonchev–Trinajstić information content (AvgIpc) is 3.17. The maximum absolute atomic E-state index is 12.9. The summed E-state index contributed by atoms with van der Waals surface area (Å²) in [7, 11) is 0. The maximum Gasteiger partial charge on any atom is 0.262 e. The number of hydrogen-bond donors (Lipinski definition) is 1. The number of carbonyl (C=O) groups excluding carboxylic acids is 2. The Hall–Kier alpha value is -3.31. The Kier molecular flexibility index (Phi) is 5.72. The monoisotopic (exact) mass is 420 g/mol. The molecule has 152 valence electrons. The first kappa shape index (κ1) is 20.0. The van der Waals surface area contributed by atoms with Gasteiger partial charge in [0.2, 0.25) is 0 Å². The van der Waals surface area contributed by atoms with Crippen LogP contribution in [-0.2, 0) is 11.2 Å². The second kappa shape index (κ2) is 8.59. The summed E-state index contributed by atoms with van der Waals surface area (Å²) in [6, 6.07) is 20.1. The van der Waals surface area contributed by atoms with E-state index in [1.165, 1.54) is 5.56 Å². The van der Waals surface area contributed by atoms with Crippen molar-refractivity contribution in [2.75, 3.05) is 23.4 Å². The van der Waals surface area contributed by atoms with Gasteiger partial charge < -0.3 is 15.0 Å². The predicted molar refractivity (Wildman–Crippen MR) is 119 cm³/mol. The Labute approximate surface area is 180 Å². The first-order valence-electron chi connectivity index (χ1n) is 9.70. The highest BCUT2D eigenvalue weighted by atomic mass is 35.5. The van der Waals surface area contributed by atoms with Gasteiger partial charge in [-0.25, -0.2) is 0 Å². The summed E-state index contributed by atoms with van der Waals surface area (Å²) in [5, 5.41) is 3.40. The molecule has 1 aliphatic rings. The van der Waals surface area contributed by atoms with Gasteiger partial charge in [0.15, 0.2) is 6.61 Å². The van der Waals surface area contributed by atoms with Crippen molar-refractivity contribution in [2.45, 2.75) is 13.3 Å². The second-order valence-corrected chi connectivity index (χ2v) is 7.60. The molecule has 0 aromatic heterocycles. The summed E-state index contributed by atoms with van der Waals surface area (Å²) in [5.74, 6) is 0.289. The van der Waals surface area contributed by atoms with Gasteiger partial charge in [-0.3, -0.25) is 9.59 Å². The minimum absolute atomic E-state index is 0.0422. The molecule has 30 heavy (non-hydrogen) atoms. The molecule has 0 bridgehead atoms. The SMILES string of the molecule is Cc1cc(Cl)ccc1OCC(=O)Nc1ccc(C(=O)N2CCc3ccccc32)cc1. The molecule has 1 aliphatic heterocycles. The molecule has 0 unspecified atom stereocenters. The van der Waals surface area contributed by atoms with Crippen molar-refractivity contribution in [2.24, 2.45) is 0 Å². The van der Waals surface area contributed by atoms with Gasteiger partial charge in [-0.1, -0.05) is 29.8 Å². The fourth-order valence-corrected chi connectivity index (χ4v) is 3.74. The van der Waals surface area contributed by atoms with E-state index in [2.05, 4.69) is 11.4 Å². The minimum atomic E-state index is -0.281. The summed E-state index contributed by atoms with van der Waals surface area (Å²) >= 11 is 5.93. The van der Waals surface area contributed by atoms with Gasteiger partial charge in [-0.2, -0.15) is 0 Å². The minimum Gasteiger partial charge on any atom is -0.483 e. The summed E-state index contributed by atoms with van der Waals surface area (Å²) in [4.78, 5) is 26.9. The molecule has 1 heterocycles.